The predicted octanol–water partition coefficient (Wildman–Crippen LogP) is -0.960. The second-order valence-electron chi connectivity index (χ2n) is 1.74. The molecule has 0 unspecified atom stereocenters. The minimum absolute atomic E-state index is 0.390. The molecule has 9 heavy (non-hydrogen) atoms. The van der Waals surface area contributed by atoms with Gasteiger partial charge in [0.05, 0.1) is 17.6 Å². The zero-order valence-corrected chi connectivity index (χ0v) is 4.83. The fraction of sp³-hybridized carbons (Fsp3) is 0. The second-order valence-corrected chi connectivity index (χ2v) is 1.74. The fourth-order valence-corrected chi connectivity index (χ4v) is 0.499. The molecule has 0 amide bonds. The van der Waals surface area contributed by atoms with E-state index in [1.165, 1.54) is 12.3 Å². The van der Waals surface area contributed by atoms with Crippen LogP contribution in [0.4, 0.5) is 11.4 Å². The third-order valence-electron chi connectivity index (χ3n) is 0.989. The number of rotatable bonds is 0. The van der Waals surface area contributed by atoms with Gasteiger partial charge >= 0.3 is 0 Å². The maximum Gasteiger partial charge on any atom is 0.141 e. The summed E-state index contributed by atoms with van der Waals surface area (Å²) in [5.74, 6) is 0. The topological polar surface area (TPSA) is 64.9 Å². The summed E-state index contributed by atoms with van der Waals surface area (Å²) in [6.45, 7) is 0. The minimum Gasteiger partial charge on any atom is -0.397 e. The highest BCUT2D eigenvalue weighted by Crippen LogP contribution is 2.07. The molecule has 1 rings (SSSR count). The van der Waals surface area contributed by atoms with E-state index in [-0.39, 0.29) is 0 Å². The van der Waals surface area contributed by atoms with Crippen LogP contribution in [0, 0.1) is 0 Å². The molecule has 0 spiro atoms. The quantitative estimate of drug-likeness (QED) is 0.432. The SMILES string of the molecule is [B]c1cc(N)c(N)cn1. The fourth-order valence-electron chi connectivity index (χ4n) is 0.499. The number of nitrogens with two attached hydrogens (primary N) is 2. The van der Waals surface area contributed by atoms with Crippen LogP contribution >= 0.6 is 0 Å². The van der Waals surface area contributed by atoms with E-state index < -0.39 is 0 Å². The molecule has 4 heteroatoms. The van der Waals surface area contributed by atoms with E-state index in [0.29, 0.717) is 17.0 Å². The molecule has 0 aliphatic rings. The highest BCUT2D eigenvalue weighted by molar-refractivity contribution is 6.31. The van der Waals surface area contributed by atoms with Gasteiger partial charge < -0.3 is 11.5 Å². The van der Waals surface area contributed by atoms with Crippen LogP contribution in [-0.2, 0) is 0 Å². The van der Waals surface area contributed by atoms with Gasteiger partial charge in [0, 0.05) is 0 Å². The lowest BCUT2D eigenvalue weighted by molar-refractivity contribution is 1.39. The first-order valence-corrected chi connectivity index (χ1v) is 2.46. The summed E-state index contributed by atoms with van der Waals surface area (Å²) in [6, 6.07) is 1.52. The summed E-state index contributed by atoms with van der Waals surface area (Å²) in [5.41, 5.74) is 12.0. The van der Waals surface area contributed by atoms with Gasteiger partial charge in [-0.15, -0.1) is 0 Å². The molecule has 0 aliphatic carbocycles. The molecule has 1 aromatic rings. The molecular weight excluding hydrogens is 113 g/mol. The molecule has 0 saturated carbocycles. The maximum absolute atomic E-state index is 5.38. The molecule has 0 fully saturated rings. The number of nitrogens with zero attached hydrogens (tertiary/aromatic N) is 1. The number of hydrogen-bond donors (Lipinski definition) is 2. The molecule has 2 radical (unpaired) electrons. The van der Waals surface area contributed by atoms with Gasteiger partial charge in [-0.05, 0) is 11.7 Å². The van der Waals surface area contributed by atoms with Gasteiger partial charge in [-0.2, -0.15) is 0 Å². The molecule has 1 heterocycles. The molecule has 0 aliphatic heterocycles. The van der Waals surface area contributed by atoms with E-state index in [2.05, 4.69) is 4.98 Å². The number of anilines is 2. The van der Waals surface area contributed by atoms with Gasteiger partial charge in [0.1, 0.15) is 7.85 Å². The molecule has 1 aromatic heterocycles. The first-order valence-electron chi connectivity index (χ1n) is 2.46. The maximum atomic E-state index is 5.38. The summed E-state index contributed by atoms with van der Waals surface area (Å²) in [4.78, 5) is 3.71. The number of nitrogen functional groups attached to an aromatic ring is 2. The van der Waals surface area contributed by atoms with Crippen LogP contribution in [0.3, 0.4) is 0 Å². The molecule has 4 N–H and O–H groups in total. The monoisotopic (exact) mass is 119 g/mol. The van der Waals surface area contributed by atoms with Crippen molar-refractivity contribution >= 4 is 24.8 Å². The standard InChI is InChI=1S/C5H6BN3/c6-5-1-3(7)4(8)2-9-5/h1-2H,8H2,(H2,7,9). The Bertz CT molecular complexity index is 223. The van der Waals surface area contributed by atoms with Crippen molar-refractivity contribution in [2.24, 2.45) is 0 Å². The number of hydrogen-bond acceptors (Lipinski definition) is 3. The van der Waals surface area contributed by atoms with E-state index in [9.17, 15) is 0 Å². The molecule has 44 valence electrons. The van der Waals surface area contributed by atoms with Crippen molar-refractivity contribution in [2.75, 3.05) is 11.5 Å². The first kappa shape index (κ1) is 5.94. The van der Waals surface area contributed by atoms with Gasteiger partial charge in [0.25, 0.3) is 0 Å². The molecule has 0 bridgehead atoms. The van der Waals surface area contributed by atoms with E-state index in [0.717, 1.165) is 0 Å². The Labute approximate surface area is 54.5 Å². The Morgan fingerprint density at radius 3 is 2.44 bits per heavy atom. The zero-order valence-electron chi connectivity index (χ0n) is 4.83. The zero-order chi connectivity index (χ0) is 6.85. The Morgan fingerprint density at radius 2 is 2.00 bits per heavy atom. The summed E-state index contributed by atoms with van der Waals surface area (Å²) in [6.07, 6.45) is 1.44. The van der Waals surface area contributed by atoms with Crippen LogP contribution in [0.15, 0.2) is 12.3 Å². The van der Waals surface area contributed by atoms with Crippen LogP contribution in [0.2, 0.25) is 0 Å². The van der Waals surface area contributed by atoms with E-state index >= 15 is 0 Å². The lowest BCUT2D eigenvalue weighted by Gasteiger charge is -1.97. The molecule has 0 aromatic carbocycles. The van der Waals surface area contributed by atoms with Gasteiger partial charge in [-0.3, -0.25) is 4.98 Å². The third-order valence-corrected chi connectivity index (χ3v) is 0.989. The Morgan fingerprint density at radius 1 is 1.33 bits per heavy atom. The Kier molecular flexibility index (Phi) is 1.30. The summed E-state index contributed by atoms with van der Waals surface area (Å²) >= 11 is 0. The lowest BCUT2D eigenvalue weighted by atomic mass is 10.0. The molecule has 0 saturated heterocycles. The van der Waals surface area contributed by atoms with E-state index in [4.69, 9.17) is 19.3 Å². The van der Waals surface area contributed by atoms with Gasteiger partial charge in [-0.1, -0.05) is 0 Å². The van der Waals surface area contributed by atoms with Crippen molar-refractivity contribution in [1.29, 1.82) is 0 Å². The van der Waals surface area contributed by atoms with Crippen LogP contribution in [-0.4, -0.2) is 12.8 Å². The Balaban J connectivity index is 3.17. The van der Waals surface area contributed by atoms with Crippen LogP contribution < -0.4 is 17.1 Å². The van der Waals surface area contributed by atoms with Crippen LogP contribution in [0.5, 0.6) is 0 Å². The van der Waals surface area contributed by atoms with Crippen molar-refractivity contribution in [3.05, 3.63) is 12.3 Å². The highest BCUT2D eigenvalue weighted by atomic mass is 14.7. The van der Waals surface area contributed by atoms with Crippen molar-refractivity contribution in [3.63, 3.8) is 0 Å². The smallest absolute Gasteiger partial charge is 0.141 e. The van der Waals surface area contributed by atoms with Crippen molar-refractivity contribution in [2.45, 2.75) is 0 Å². The Hall–Kier alpha value is -1.19. The third kappa shape index (κ3) is 1.13. The summed E-state index contributed by atoms with van der Waals surface area (Å²) in [5, 5.41) is 0. The number of pyridine rings is 1. The van der Waals surface area contributed by atoms with Crippen molar-refractivity contribution in [3.8, 4) is 0 Å². The van der Waals surface area contributed by atoms with Gasteiger partial charge in [0.2, 0.25) is 0 Å². The van der Waals surface area contributed by atoms with Gasteiger partial charge in [0.15, 0.2) is 0 Å². The van der Waals surface area contributed by atoms with E-state index in [1.807, 2.05) is 0 Å². The van der Waals surface area contributed by atoms with Crippen LogP contribution in [0.25, 0.3) is 0 Å². The normalized spacial score (nSPS) is 9.33. The average molecular weight is 119 g/mol. The first-order chi connectivity index (χ1) is 4.20. The van der Waals surface area contributed by atoms with Crippen molar-refractivity contribution in [1.82, 2.24) is 4.98 Å². The van der Waals surface area contributed by atoms with Crippen LogP contribution in [0.1, 0.15) is 0 Å². The van der Waals surface area contributed by atoms with Crippen molar-refractivity contribution < 1.29 is 0 Å². The highest BCUT2D eigenvalue weighted by Gasteiger charge is 1.91. The molecule has 3 nitrogen and oxygen atoms in total. The summed E-state index contributed by atoms with van der Waals surface area (Å²) < 4.78 is 0. The molecular formula is C5H6BN3. The number of aromatic nitrogens is 1. The summed E-state index contributed by atoms with van der Waals surface area (Å²) in [7, 11) is 5.28. The second kappa shape index (κ2) is 1.97. The van der Waals surface area contributed by atoms with Gasteiger partial charge in [-0.25, -0.2) is 0 Å². The average Bonchev–Trinajstić information content (AvgIpc) is 1.80. The lowest BCUT2D eigenvalue weighted by Crippen LogP contribution is -2.10. The van der Waals surface area contributed by atoms with E-state index in [1.54, 1.807) is 0 Å². The largest absolute Gasteiger partial charge is 0.397 e. The predicted molar refractivity (Wildman–Crippen MR) is 38.4 cm³/mol. The minimum atomic E-state index is 0.390. The molecule has 0 atom stereocenters.